The van der Waals surface area contributed by atoms with E-state index < -0.39 is 0 Å². The monoisotopic (exact) mass is 197 g/mol. The smallest absolute Gasteiger partial charge is 0.00669 e. The molecular formula is C13H27N. The van der Waals surface area contributed by atoms with Crippen molar-refractivity contribution < 1.29 is 0 Å². The molecule has 0 aromatic carbocycles. The van der Waals surface area contributed by atoms with Crippen molar-refractivity contribution in [1.82, 2.24) is 4.90 Å². The van der Waals surface area contributed by atoms with Gasteiger partial charge in [0, 0.05) is 12.6 Å². The third-order valence-corrected chi connectivity index (χ3v) is 3.76. The van der Waals surface area contributed by atoms with Gasteiger partial charge in [-0.15, -0.1) is 0 Å². The first-order chi connectivity index (χ1) is 6.65. The van der Waals surface area contributed by atoms with E-state index >= 15 is 0 Å². The van der Waals surface area contributed by atoms with E-state index in [1.165, 1.54) is 38.8 Å². The molecule has 0 spiro atoms. The van der Waals surface area contributed by atoms with Crippen LogP contribution < -0.4 is 0 Å². The molecule has 1 rings (SSSR count). The van der Waals surface area contributed by atoms with Crippen molar-refractivity contribution in [2.75, 3.05) is 13.1 Å². The Hall–Kier alpha value is -0.0400. The van der Waals surface area contributed by atoms with Crippen LogP contribution in [0.15, 0.2) is 0 Å². The Balaban J connectivity index is 2.39. The first-order valence-corrected chi connectivity index (χ1v) is 6.39. The molecule has 84 valence electrons. The Morgan fingerprint density at radius 3 is 2.57 bits per heavy atom. The van der Waals surface area contributed by atoms with E-state index in [9.17, 15) is 0 Å². The molecule has 14 heavy (non-hydrogen) atoms. The summed E-state index contributed by atoms with van der Waals surface area (Å²) >= 11 is 0. The molecule has 0 aromatic rings. The molecule has 0 bridgehead atoms. The topological polar surface area (TPSA) is 3.24 Å². The van der Waals surface area contributed by atoms with Gasteiger partial charge in [-0.05, 0) is 44.6 Å². The van der Waals surface area contributed by atoms with Gasteiger partial charge in [0.2, 0.25) is 0 Å². The van der Waals surface area contributed by atoms with Gasteiger partial charge in [0.05, 0.1) is 0 Å². The lowest BCUT2D eigenvalue weighted by molar-refractivity contribution is 0.105. The standard InChI is InChI=1S/C13H27N/c1-5-7-12(4)14-9-6-8-13(10-14)11(2)3/h11-13H,5-10H2,1-4H3. The third kappa shape index (κ3) is 3.27. The van der Waals surface area contributed by atoms with Gasteiger partial charge in [0.1, 0.15) is 0 Å². The predicted octanol–water partition coefficient (Wildman–Crippen LogP) is 3.54. The zero-order valence-electron chi connectivity index (χ0n) is 10.4. The molecule has 2 atom stereocenters. The molecule has 0 aromatic heterocycles. The fraction of sp³-hybridized carbons (Fsp3) is 1.00. The minimum absolute atomic E-state index is 0.807. The van der Waals surface area contributed by atoms with E-state index in [2.05, 4.69) is 32.6 Å². The molecule has 1 aliphatic rings. The van der Waals surface area contributed by atoms with E-state index in [-0.39, 0.29) is 0 Å². The lowest BCUT2D eigenvalue weighted by atomic mass is 9.87. The minimum Gasteiger partial charge on any atom is -0.300 e. The molecule has 0 N–H and O–H groups in total. The Morgan fingerprint density at radius 2 is 2.00 bits per heavy atom. The molecule has 1 aliphatic heterocycles. The molecule has 0 aliphatic carbocycles. The Bertz CT molecular complexity index is 153. The van der Waals surface area contributed by atoms with E-state index in [0.717, 1.165) is 17.9 Å². The summed E-state index contributed by atoms with van der Waals surface area (Å²) in [5, 5.41) is 0. The van der Waals surface area contributed by atoms with E-state index in [1.807, 2.05) is 0 Å². The molecule has 0 amide bonds. The summed E-state index contributed by atoms with van der Waals surface area (Å²) in [6, 6.07) is 0.807. The number of rotatable bonds is 4. The minimum atomic E-state index is 0.807. The van der Waals surface area contributed by atoms with Crippen LogP contribution in [0.5, 0.6) is 0 Å². The van der Waals surface area contributed by atoms with Crippen molar-refractivity contribution in [2.24, 2.45) is 11.8 Å². The summed E-state index contributed by atoms with van der Waals surface area (Å²) in [4.78, 5) is 2.71. The fourth-order valence-corrected chi connectivity index (χ4v) is 2.59. The van der Waals surface area contributed by atoms with Gasteiger partial charge in [-0.3, -0.25) is 0 Å². The van der Waals surface area contributed by atoms with Crippen molar-refractivity contribution in [2.45, 2.75) is 59.4 Å². The number of likely N-dealkylation sites (tertiary alicyclic amines) is 1. The molecule has 1 fully saturated rings. The van der Waals surface area contributed by atoms with Gasteiger partial charge in [-0.25, -0.2) is 0 Å². The predicted molar refractivity (Wildman–Crippen MR) is 63.5 cm³/mol. The van der Waals surface area contributed by atoms with Crippen LogP contribution in [0.25, 0.3) is 0 Å². The van der Waals surface area contributed by atoms with E-state index in [1.54, 1.807) is 0 Å². The summed E-state index contributed by atoms with van der Waals surface area (Å²) in [5.74, 6) is 1.81. The zero-order valence-corrected chi connectivity index (χ0v) is 10.4. The van der Waals surface area contributed by atoms with Crippen LogP contribution >= 0.6 is 0 Å². The largest absolute Gasteiger partial charge is 0.300 e. The normalized spacial score (nSPS) is 26.8. The van der Waals surface area contributed by atoms with Crippen molar-refractivity contribution >= 4 is 0 Å². The second-order valence-electron chi connectivity index (χ2n) is 5.28. The lowest BCUT2D eigenvalue weighted by Gasteiger charge is -2.38. The summed E-state index contributed by atoms with van der Waals surface area (Å²) in [6.45, 7) is 12.1. The molecule has 0 radical (unpaired) electrons. The van der Waals surface area contributed by atoms with Crippen LogP contribution in [0.1, 0.15) is 53.4 Å². The van der Waals surface area contributed by atoms with Crippen LogP contribution in [-0.2, 0) is 0 Å². The second kappa shape index (κ2) is 5.75. The number of hydrogen-bond donors (Lipinski definition) is 0. The van der Waals surface area contributed by atoms with Crippen LogP contribution in [0.2, 0.25) is 0 Å². The first kappa shape index (κ1) is 12.0. The maximum absolute atomic E-state index is 2.71. The Morgan fingerprint density at radius 1 is 1.29 bits per heavy atom. The second-order valence-corrected chi connectivity index (χ2v) is 5.28. The highest BCUT2D eigenvalue weighted by molar-refractivity contribution is 4.78. The maximum atomic E-state index is 2.71. The van der Waals surface area contributed by atoms with Crippen LogP contribution in [0, 0.1) is 11.8 Å². The number of piperidine rings is 1. The SMILES string of the molecule is CCCC(C)N1CCCC(C(C)C)C1. The summed E-state index contributed by atoms with van der Waals surface area (Å²) in [6.07, 6.45) is 5.55. The summed E-state index contributed by atoms with van der Waals surface area (Å²) in [5.41, 5.74) is 0. The van der Waals surface area contributed by atoms with Crippen LogP contribution in [0.3, 0.4) is 0 Å². The Kier molecular flexibility index (Phi) is 4.94. The van der Waals surface area contributed by atoms with Gasteiger partial charge in [-0.1, -0.05) is 27.2 Å². The molecule has 1 saturated heterocycles. The summed E-state index contributed by atoms with van der Waals surface area (Å²) < 4.78 is 0. The van der Waals surface area contributed by atoms with Gasteiger partial charge in [0.15, 0.2) is 0 Å². The van der Waals surface area contributed by atoms with Gasteiger partial charge < -0.3 is 4.90 Å². The van der Waals surface area contributed by atoms with Crippen LogP contribution in [-0.4, -0.2) is 24.0 Å². The van der Waals surface area contributed by atoms with Gasteiger partial charge >= 0.3 is 0 Å². The molecule has 1 heteroatoms. The average molecular weight is 197 g/mol. The van der Waals surface area contributed by atoms with Crippen molar-refractivity contribution in [3.05, 3.63) is 0 Å². The maximum Gasteiger partial charge on any atom is 0.00669 e. The van der Waals surface area contributed by atoms with Crippen molar-refractivity contribution in [3.8, 4) is 0 Å². The fourth-order valence-electron chi connectivity index (χ4n) is 2.59. The average Bonchev–Trinajstić information content (AvgIpc) is 2.18. The highest BCUT2D eigenvalue weighted by Gasteiger charge is 2.24. The van der Waals surface area contributed by atoms with Crippen LogP contribution in [0.4, 0.5) is 0 Å². The van der Waals surface area contributed by atoms with E-state index in [0.29, 0.717) is 0 Å². The molecule has 2 unspecified atom stereocenters. The number of nitrogens with zero attached hydrogens (tertiary/aromatic N) is 1. The van der Waals surface area contributed by atoms with Crippen molar-refractivity contribution in [1.29, 1.82) is 0 Å². The molecular weight excluding hydrogens is 170 g/mol. The van der Waals surface area contributed by atoms with Crippen molar-refractivity contribution in [3.63, 3.8) is 0 Å². The van der Waals surface area contributed by atoms with Gasteiger partial charge in [0.25, 0.3) is 0 Å². The highest BCUT2D eigenvalue weighted by Crippen LogP contribution is 2.25. The lowest BCUT2D eigenvalue weighted by Crippen LogP contribution is -2.42. The highest BCUT2D eigenvalue weighted by atomic mass is 15.2. The Labute approximate surface area is 89.9 Å². The summed E-state index contributed by atoms with van der Waals surface area (Å²) in [7, 11) is 0. The number of hydrogen-bond acceptors (Lipinski definition) is 1. The molecule has 0 saturated carbocycles. The first-order valence-electron chi connectivity index (χ1n) is 6.39. The zero-order chi connectivity index (χ0) is 10.6. The van der Waals surface area contributed by atoms with E-state index in [4.69, 9.17) is 0 Å². The quantitative estimate of drug-likeness (QED) is 0.666. The third-order valence-electron chi connectivity index (χ3n) is 3.76. The molecule has 1 heterocycles. The van der Waals surface area contributed by atoms with Gasteiger partial charge in [-0.2, -0.15) is 0 Å². The molecule has 1 nitrogen and oxygen atoms in total.